The Labute approximate surface area is 146 Å². The van der Waals surface area contributed by atoms with E-state index in [1.807, 2.05) is 19.1 Å². The summed E-state index contributed by atoms with van der Waals surface area (Å²) < 4.78 is 7.37. The third-order valence-corrected chi connectivity index (χ3v) is 4.11. The maximum absolute atomic E-state index is 12.7. The van der Waals surface area contributed by atoms with E-state index in [0.717, 1.165) is 16.8 Å². The Kier molecular flexibility index (Phi) is 4.70. The second-order valence-electron chi connectivity index (χ2n) is 6.31. The fourth-order valence-corrected chi connectivity index (χ4v) is 2.91. The fourth-order valence-electron chi connectivity index (χ4n) is 2.91. The predicted octanol–water partition coefficient (Wildman–Crippen LogP) is 2.69. The number of rotatable bonds is 5. The van der Waals surface area contributed by atoms with E-state index in [1.165, 1.54) is 0 Å². The van der Waals surface area contributed by atoms with Crippen LogP contribution in [0.25, 0.3) is 0 Å². The molecular formula is C19H21N3O3. The number of aryl methyl sites for hydroxylation is 1. The van der Waals surface area contributed by atoms with Crippen LogP contribution < -0.4 is 10.1 Å². The first-order chi connectivity index (χ1) is 12.0. The molecule has 1 N–H and O–H groups in total. The number of Topliss-reactive ketones (excluding diaryl/α,β-unsaturated/α-hetero) is 1. The van der Waals surface area contributed by atoms with Gasteiger partial charge in [0.25, 0.3) is 5.91 Å². The Morgan fingerprint density at radius 1 is 1.36 bits per heavy atom. The van der Waals surface area contributed by atoms with Gasteiger partial charge in [0, 0.05) is 31.1 Å². The summed E-state index contributed by atoms with van der Waals surface area (Å²) in [6.07, 6.45) is 1.40. The molecule has 0 aliphatic heterocycles. The average Bonchev–Trinajstić information content (AvgIpc) is 2.90. The van der Waals surface area contributed by atoms with E-state index < -0.39 is 0 Å². The molecule has 3 rings (SSSR count). The molecule has 1 aromatic carbocycles. The van der Waals surface area contributed by atoms with Crippen LogP contribution >= 0.6 is 0 Å². The Morgan fingerprint density at radius 2 is 2.12 bits per heavy atom. The van der Waals surface area contributed by atoms with Crippen LogP contribution in [0.5, 0.6) is 5.75 Å². The summed E-state index contributed by atoms with van der Waals surface area (Å²) in [5, 5.41) is 7.17. The van der Waals surface area contributed by atoms with Crippen molar-refractivity contribution >= 4 is 17.4 Å². The van der Waals surface area contributed by atoms with Crippen molar-refractivity contribution in [3.05, 3.63) is 53.4 Å². The van der Waals surface area contributed by atoms with Crippen LogP contribution in [0.4, 0.5) is 5.69 Å². The zero-order valence-corrected chi connectivity index (χ0v) is 14.5. The third kappa shape index (κ3) is 3.63. The number of ketones is 1. The molecule has 1 aromatic heterocycles. The molecule has 130 valence electrons. The van der Waals surface area contributed by atoms with Gasteiger partial charge in [-0.2, -0.15) is 5.10 Å². The number of benzene rings is 1. The summed E-state index contributed by atoms with van der Waals surface area (Å²) in [4.78, 5) is 24.5. The lowest BCUT2D eigenvalue weighted by Crippen LogP contribution is -2.19. The highest BCUT2D eigenvalue weighted by atomic mass is 16.5. The van der Waals surface area contributed by atoms with Gasteiger partial charge in [-0.1, -0.05) is 18.7 Å². The first kappa shape index (κ1) is 17.0. The van der Waals surface area contributed by atoms with E-state index in [1.54, 1.807) is 23.9 Å². The number of aromatic nitrogens is 2. The van der Waals surface area contributed by atoms with Crippen molar-refractivity contribution in [3.63, 3.8) is 0 Å². The largest absolute Gasteiger partial charge is 0.487 e. The van der Waals surface area contributed by atoms with Crippen molar-refractivity contribution < 1.29 is 14.3 Å². The quantitative estimate of drug-likeness (QED) is 0.850. The van der Waals surface area contributed by atoms with Crippen LogP contribution in [0, 0.1) is 0 Å². The minimum absolute atomic E-state index is 0.139. The molecule has 0 saturated heterocycles. The van der Waals surface area contributed by atoms with E-state index in [2.05, 4.69) is 17.0 Å². The van der Waals surface area contributed by atoms with E-state index in [4.69, 9.17) is 4.74 Å². The molecule has 0 atom stereocenters. The SMILES string of the molecule is C=C(C)COc1ccccc1NC(=O)c1nn(C)c2c1CC(=O)CC2. The standard InChI is InChI=1S/C19H21N3O3/c1-12(2)11-25-17-7-5-4-6-15(17)20-19(24)18-14-10-13(23)8-9-16(14)22(3)21-18/h4-7H,1,8-11H2,2-3H3,(H,20,24). The van der Waals surface area contributed by atoms with Gasteiger partial charge < -0.3 is 10.1 Å². The van der Waals surface area contributed by atoms with Gasteiger partial charge in [-0.15, -0.1) is 0 Å². The molecule has 1 heterocycles. The van der Waals surface area contributed by atoms with Gasteiger partial charge in [0.1, 0.15) is 18.1 Å². The number of nitrogens with one attached hydrogen (secondary N) is 1. The topological polar surface area (TPSA) is 73.2 Å². The van der Waals surface area contributed by atoms with Crippen LogP contribution in [-0.2, 0) is 24.7 Å². The molecule has 1 amide bonds. The van der Waals surface area contributed by atoms with Gasteiger partial charge in [-0.3, -0.25) is 14.3 Å². The molecule has 6 nitrogen and oxygen atoms in total. The number of hydrogen-bond acceptors (Lipinski definition) is 4. The Hall–Kier alpha value is -2.89. The molecule has 25 heavy (non-hydrogen) atoms. The molecule has 0 unspecified atom stereocenters. The maximum atomic E-state index is 12.7. The van der Waals surface area contributed by atoms with Crippen molar-refractivity contribution in [2.75, 3.05) is 11.9 Å². The molecule has 2 aromatic rings. The first-order valence-corrected chi connectivity index (χ1v) is 8.19. The van der Waals surface area contributed by atoms with Gasteiger partial charge in [-0.25, -0.2) is 0 Å². The molecule has 0 fully saturated rings. The smallest absolute Gasteiger partial charge is 0.276 e. The molecule has 0 radical (unpaired) electrons. The lowest BCUT2D eigenvalue weighted by atomic mass is 9.94. The number of para-hydroxylation sites is 2. The molecule has 0 saturated carbocycles. The first-order valence-electron chi connectivity index (χ1n) is 8.19. The van der Waals surface area contributed by atoms with E-state index in [-0.39, 0.29) is 18.1 Å². The summed E-state index contributed by atoms with van der Waals surface area (Å²) in [7, 11) is 1.80. The van der Waals surface area contributed by atoms with Gasteiger partial charge in [0.2, 0.25) is 0 Å². The van der Waals surface area contributed by atoms with Crippen molar-refractivity contribution in [2.45, 2.75) is 26.2 Å². The number of carbonyl (C=O) groups is 2. The van der Waals surface area contributed by atoms with Crippen LogP contribution in [0.1, 0.15) is 35.1 Å². The number of hydrogen-bond donors (Lipinski definition) is 1. The van der Waals surface area contributed by atoms with Gasteiger partial charge in [0.15, 0.2) is 5.69 Å². The average molecular weight is 339 g/mol. The normalized spacial score (nSPS) is 13.3. The second-order valence-corrected chi connectivity index (χ2v) is 6.31. The minimum Gasteiger partial charge on any atom is -0.487 e. The maximum Gasteiger partial charge on any atom is 0.276 e. The van der Waals surface area contributed by atoms with Crippen molar-refractivity contribution in [1.82, 2.24) is 9.78 Å². The van der Waals surface area contributed by atoms with Crippen LogP contribution in [-0.4, -0.2) is 28.1 Å². The Bertz CT molecular complexity index is 852. The highest BCUT2D eigenvalue weighted by molar-refractivity contribution is 6.05. The van der Waals surface area contributed by atoms with Crippen LogP contribution in [0.2, 0.25) is 0 Å². The third-order valence-electron chi connectivity index (χ3n) is 4.11. The molecule has 0 spiro atoms. The molecule has 1 aliphatic carbocycles. The molecular weight excluding hydrogens is 318 g/mol. The lowest BCUT2D eigenvalue weighted by Gasteiger charge is -2.13. The molecule has 6 heteroatoms. The lowest BCUT2D eigenvalue weighted by molar-refractivity contribution is -0.118. The van der Waals surface area contributed by atoms with E-state index in [0.29, 0.717) is 36.6 Å². The summed E-state index contributed by atoms with van der Waals surface area (Å²) in [5.41, 5.74) is 3.45. The Morgan fingerprint density at radius 3 is 2.88 bits per heavy atom. The predicted molar refractivity (Wildman–Crippen MR) is 94.9 cm³/mol. The monoisotopic (exact) mass is 339 g/mol. The number of carbonyl (C=O) groups excluding carboxylic acids is 2. The summed E-state index contributed by atoms with van der Waals surface area (Å²) in [5.74, 6) is 0.373. The van der Waals surface area contributed by atoms with Crippen molar-refractivity contribution in [1.29, 1.82) is 0 Å². The second kappa shape index (κ2) is 6.93. The van der Waals surface area contributed by atoms with Crippen molar-refractivity contribution in [3.8, 4) is 5.75 Å². The van der Waals surface area contributed by atoms with Crippen LogP contribution in [0.3, 0.4) is 0 Å². The number of fused-ring (bicyclic) bond motifs is 1. The van der Waals surface area contributed by atoms with Gasteiger partial charge in [-0.05, 0) is 31.1 Å². The molecule has 1 aliphatic rings. The van der Waals surface area contributed by atoms with Crippen LogP contribution in [0.15, 0.2) is 36.4 Å². The van der Waals surface area contributed by atoms with Gasteiger partial charge in [0.05, 0.1) is 5.69 Å². The molecule has 0 bridgehead atoms. The summed E-state index contributed by atoms with van der Waals surface area (Å²) in [6.45, 7) is 6.06. The number of amides is 1. The summed E-state index contributed by atoms with van der Waals surface area (Å²) in [6, 6.07) is 7.22. The van der Waals surface area contributed by atoms with Gasteiger partial charge >= 0.3 is 0 Å². The number of ether oxygens (including phenoxy) is 1. The minimum atomic E-state index is -0.335. The van der Waals surface area contributed by atoms with E-state index >= 15 is 0 Å². The highest BCUT2D eigenvalue weighted by Crippen LogP contribution is 2.27. The highest BCUT2D eigenvalue weighted by Gasteiger charge is 2.27. The summed E-state index contributed by atoms with van der Waals surface area (Å²) >= 11 is 0. The Balaban J connectivity index is 1.84. The number of nitrogens with zero attached hydrogens (tertiary/aromatic N) is 2. The zero-order valence-electron chi connectivity index (χ0n) is 14.5. The van der Waals surface area contributed by atoms with E-state index in [9.17, 15) is 9.59 Å². The zero-order chi connectivity index (χ0) is 18.0. The fraction of sp³-hybridized carbons (Fsp3) is 0.316. The number of anilines is 1. The van der Waals surface area contributed by atoms with Crippen molar-refractivity contribution in [2.24, 2.45) is 7.05 Å².